The zero-order valence-electron chi connectivity index (χ0n) is 16.9. The first-order chi connectivity index (χ1) is 15.4. The van der Waals surface area contributed by atoms with Gasteiger partial charge >= 0.3 is 6.18 Å². The van der Waals surface area contributed by atoms with Crippen LogP contribution in [0.4, 0.5) is 13.2 Å². The fourth-order valence-electron chi connectivity index (χ4n) is 3.94. The first-order valence-corrected chi connectivity index (χ1v) is 10.1. The van der Waals surface area contributed by atoms with E-state index in [0.717, 1.165) is 10.1 Å². The summed E-state index contributed by atoms with van der Waals surface area (Å²) in [6.45, 7) is 0.622. The third-order valence-electron chi connectivity index (χ3n) is 5.40. The summed E-state index contributed by atoms with van der Waals surface area (Å²) in [6, 6.07) is 4.95. The second kappa shape index (κ2) is 7.90. The number of aromatic amines is 1. The van der Waals surface area contributed by atoms with Gasteiger partial charge in [-0.05, 0) is 24.6 Å². The van der Waals surface area contributed by atoms with Crippen molar-refractivity contribution in [2.45, 2.75) is 19.1 Å². The summed E-state index contributed by atoms with van der Waals surface area (Å²) in [7, 11) is 0. The minimum absolute atomic E-state index is 0.0786. The number of hydrogen-bond acceptors (Lipinski definition) is 5. The molecule has 32 heavy (non-hydrogen) atoms. The molecule has 1 aliphatic heterocycles. The Bertz CT molecular complexity index is 1290. The van der Waals surface area contributed by atoms with Gasteiger partial charge in [-0.1, -0.05) is 0 Å². The number of carbonyl (C=O) groups is 1. The first-order valence-electron chi connectivity index (χ1n) is 10.1. The van der Waals surface area contributed by atoms with Crippen LogP contribution in [0.3, 0.4) is 0 Å². The average molecular weight is 444 g/mol. The molecular weight excluding hydrogens is 425 g/mol. The third-order valence-corrected chi connectivity index (χ3v) is 5.40. The van der Waals surface area contributed by atoms with E-state index in [2.05, 4.69) is 20.1 Å². The van der Waals surface area contributed by atoms with E-state index in [0.29, 0.717) is 55.0 Å². The number of amides is 1. The number of carbonyl (C=O) groups excluding carboxylic acids is 1. The van der Waals surface area contributed by atoms with E-state index in [9.17, 15) is 18.0 Å². The largest absolute Gasteiger partial charge is 0.408 e. The van der Waals surface area contributed by atoms with Crippen molar-refractivity contribution in [3.05, 3.63) is 42.5 Å². The number of H-pyrrole nitrogens is 1. The Morgan fingerprint density at radius 3 is 2.91 bits per heavy atom. The van der Waals surface area contributed by atoms with Crippen molar-refractivity contribution in [1.29, 1.82) is 0 Å². The molecule has 5 rings (SSSR count). The smallest absolute Gasteiger partial charge is 0.380 e. The maximum atomic E-state index is 13.3. The Hall–Kier alpha value is -3.47. The summed E-state index contributed by atoms with van der Waals surface area (Å²) in [5.74, 6) is -0.338. The fourth-order valence-corrected chi connectivity index (χ4v) is 3.94. The average Bonchev–Trinajstić information content (AvgIpc) is 3.21. The minimum atomic E-state index is -4.48. The van der Waals surface area contributed by atoms with Crippen LogP contribution in [0, 0.1) is 0 Å². The van der Waals surface area contributed by atoms with E-state index < -0.39 is 12.7 Å². The van der Waals surface area contributed by atoms with Crippen molar-refractivity contribution in [2.75, 3.05) is 26.3 Å². The summed E-state index contributed by atoms with van der Waals surface area (Å²) >= 11 is 0. The van der Waals surface area contributed by atoms with Crippen LogP contribution < -0.4 is 0 Å². The van der Waals surface area contributed by atoms with E-state index in [-0.39, 0.29) is 17.1 Å². The molecule has 166 valence electrons. The van der Waals surface area contributed by atoms with E-state index in [1.165, 1.54) is 12.3 Å². The van der Waals surface area contributed by atoms with Crippen molar-refractivity contribution in [1.82, 2.24) is 29.6 Å². The predicted molar refractivity (Wildman–Crippen MR) is 110 cm³/mol. The summed E-state index contributed by atoms with van der Waals surface area (Å²) in [5, 5.41) is 5.42. The lowest BCUT2D eigenvalue weighted by Gasteiger charge is -2.19. The molecule has 5 heterocycles. The molecule has 0 unspecified atom stereocenters. The quantitative estimate of drug-likeness (QED) is 0.523. The lowest BCUT2D eigenvalue weighted by molar-refractivity contribution is -0.141. The molecule has 1 amide bonds. The number of alkyl halides is 3. The number of nitrogens with one attached hydrogen (secondary N) is 1. The highest BCUT2D eigenvalue weighted by molar-refractivity contribution is 6.03. The summed E-state index contributed by atoms with van der Waals surface area (Å²) in [5.41, 5.74) is 1.83. The van der Waals surface area contributed by atoms with Gasteiger partial charge in [-0.2, -0.15) is 18.3 Å². The monoisotopic (exact) mass is 444 g/mol. The van der Waals surface area contributed by atoms with Crippen LogP contribution in [0.5, 0.6) is 0 Å². The molecule has 1 fully saturated rings. The van der Waals surface area contributed by atoms with Crippen molar-refractivity contribution in [2.24, 2.45) is 0 Å². The van der Waals surface area contributed by atoms with Crippen LogP contribution >= 0.6 is 0 Å². The number of hydrogen-bond donors (Lipinski definition) is 1. The van der Waals surface area contributed by atoms with Gasteiger partial charge < -0.3 is 14.6 Å². The Labute approximate surface area is 180 Å². The Morgan fingerprint density at radius 1 is 1.19 bits per heavy atom. The molecule has 1 saturated heterocycles. The second-order valence-corrected chi connectivity index (χ2v) is 7.57. The van der Waals surface area contributed by atoms with Gasteiger partial charge in [-0.15, -0.1) is 0 Å². The minimum Gasteiger partial charge on any atom is -0.380 e. The maximum absolute atomic E-state index is 13.3. The predicted octanol–water partition coefficient (Wildman–Crippen LogP) is 3.40. The van der Waals surface area contributed by atoms with Gasteiger partial charge in [0.05, 0.1) is 12.1 Å². The normalized spacial score (nSPS) is 15.4. The van der Waals surface area contributed by atoms with Gasteiger partial charge in [0.1, 0.15) is 23.6 Å². The van der Waals surface area contributed by atoms with Gasteiger partial charge in [0.2, 0.25) is 0 Å². The summed E-state index contributed by atoms with van der Waals surface area (Å²) in [4.78, 5) is 26.1. The number of halogens is 3. The zero-order valence-corrected chi connectivity index (χ0v) is 16.9. The van der Waals surface area contributed by atoms with Crippen molar-refractivity contribution in [3.8, 4) is 11.3 Å². The van der Waals surface area contributed by atoms with Crippen LogP contribution in [0.25, 0.3) is 33.2 Å². The SMILES string of the molecule is O=C(c1cc2c(cn1)c(-c1c[nH]c3ncccc13)nn2CC(F)(F)F)N1CCCOCC1. The fraction of sp³-hybridized carbons (Fsp3) is 0.333. The van der Waals surface area contributed by atoms with Crippen molar-refractivity contribution < 1.29 is 22.7 Å². The number of ether oxygens (including phenoxy) is 1. The topological polar surface area (TPSA) is 88.9 Å². The lowest BCUT2D eigenvalue weighted by Crippen LogP contribution is -2.33. The first kappa shape index (κ1) is 20.4. The molecular formula is C21H19F3N6O2. The van der Waals surface area contributed by atoms with Gasteiger partial charge in [-0.3, -0.25) is 14.5 Å². The van der Waals surface area contributed by atoms with E-state index in [4.69, 9.17) is 4.74 Å². The molecule has 0 spiro atoms. The summed E-state index contributed by atoms with van der Waals surface area (Å²) < 4.78 is 46.1. The summed E-state index contributed by atoms with van der Waals surface area (Å²) in [6.07, 6.45) is 0.914. The molecule has 0 aromatic carbocycles. The molecule has 4 aromatic heterocycles. The highest BCUT2D eigenvalue weighted by atomic mass is 19.4. The molecule has 1 N–H and O–H groups in total. The van der Waals surface area contributed by atoms with Crippen LogP contribution in [-0.4, -0.2) is 68.0 Å². The molecule has 0 atom stereocenters. The second-order valence-electron chi connectivity index (χ2n) is 7.57. The number of nitrogens with zero attached hydrogens (tertiary/aromatic N) is 5. The third kappa shape index (κ3) is 3.79. The maximum Gasteiger partial charge on any atom is 0.408 e. The molecule has 0 bridgehead atoms. The Morgan fingerprint density at radius 2 is 2.06 bits per heavy atom. The van der Waals surface area contributed by atoms with Crippen LogP contribution in [0.2, 0.25) is 0 Å². The van der Waals surface area contributed by atoms with Crippen LogP contribution in [-0.2, 0) is 11.3 Å². The number of aromatic nitrogens is 5. The van der Waals surface area contributed by atoms with E-state index >= 15 is 0 Å². The van der Waals surface area contributed by atoms with Gasteiger partial charge in [0.15, 0.2) is 0 Å². The lowest BCUT2D eigenvalue weighted by atomic mass is 10.1. The highest BCUT2D eigenvalue weighted by Crippen LogP contribution is 2.34. The van der Waals surface area contributed by atoms with Gasteiger partial charge in [0, 0.05) is 54.6 Å². The standard InChI is InChI=1S/C21H19F3N6O2/c22-21(23,24)12-30-17-9-16(20(31)29-5-2-7-32-8-6-29)26-11-15(17)18(28-30)14-10-27-19-13(14)3-1-4-25-19/h1,3-4,9-11H,2,5-8,12H2,(H,25,27). The van der Waals surface area contributed by atoms with Crippen molar-refractivity contribution in [3.63, 3.8) is 0 Å². The molecule has 0 saturated carbocycles. The van der Waals surface area contributed by atoms with Gasteiger partial charge in [0.25, 0.3) is 5.91 Å². The van der Waals surface area contributed by atoms with Crippen LogP contribution in [0.15, 0.2) is 36.8 Å². The van der Waals surface area contributed by atoms with E-state index in [1.807, 2.05) is 6.07 Å². The van der Waals surface area contributed by atoms with E-state index in [1.54, 1.807) is 23.4 Å². The number of pyridine rings is 2. The molecule has 8 nitrogen and oxygen atoms in total. The zero-order chi connectivity index (χ0) is 22.3. The van der Waals surface area contributed by atoms with Crippen molar-refractivity contribution >= 4 is 27.8 Å². The molecule has 11 heteroatoms. The highest BCUT2D eigenvalue weighted by Gasteiger charge is 2.31. The van der Waals surface area contributed by atoms with Gasteiger partial charge in [-0.25, -0.2) is 4.98 Å². The number of rotatable bonds is 3. The molecule has 0 aliphatic carbocycles. The molecule has 1 aliphatic rings. The Balaban J connectivity index is 1.62. The number of fused-ring (bicyclic) bond motifs is 2. The van der Waals surface area contributed by atoms with Crippen LogP contribution in [0.1, 0.15) is 16.9 Å². The molecule has 0 radical (unpaired) electrons. The molecule has 4 aromatic rings. The Kier molecular flexibility index (Phi) is 5.04.